The topological polar surface area (TPSA) is 104 Å². The normalized spacial score (nSPS) is 11.1. The van der Waals surface area contributed by atoms with Gasteiger partial charge in [-0.3, -0.25) is 15.0 Å². The smallest absolute Gasteiger partial charge is 0.306 e. The number of carbonyl (C=O) groups excluding carboxylic acids is 1. The maximum absolute atomic E-state index is 11.6. The molecule has 0 bridgehead atoms. The van der Waals surface area contributed by atoms with E-state index in [1.54, 1.807) is 11.9 Å². The Morgan fingerprint density at radius 3 is 2.50 bits per heavy atom. The van der Waals surface area contributed by atoms with Gasteiger partial charge in [-0.15, -0.1) is 0 Å². The fourth-order valence-electron chi connectivity index (χ4n) is 4.15. The highest BCUT2D eigenvalue weighted by atomic mass is 16.5. The number of fused-ring (bicyclic) bond motifs is 4. The molecule has 0 fully saturated rings. The van der Waals surface area contributed by atoms with Crippen LogP contribution in [-0.4, -0.2) is 53.0 Å². The molecule has 0 unspecified atom stereocenters. The number of carboxylic acids is 1. The number of pyridine rings is 1. The molecule has 34 heavy (non-hydrogen) atoms. The van der Waals surface area contributed by atoms with Crippen LogP contribution in [-0.2, 0) is 20.7 Å². The third-order valence-corrected chi connectivity index (χ3v) is 5.98. The summed E-state index contributed by atoms with van der Waals surface area (Å²) in [5.74, 6) is -1.48. The summed E-state index contributed by atoms with van der Waals surface area (Å²) in [4.78, 5) is 28.9. The first kappa shape index (κ1) is 23.2. The number of aromatic nitrogens is 1. The van der Waals surface area contributed by atoms with Crippen molar-refractivity contribution in [3.8, 4) is 0 Å². The van der Waals surface area contributed by atoms with Crippen molar-refractivity contribution in [3.05, 3.63) is 66.2 Å². The van der Waals surface area contributed by atoms with Gasteiger partial charge < -0.3 is 14.7 Å². The molecule has 1 aromatic heterocycles. The van der Waals surface area contributed by atoms with Crippen LogP contribution in [0.5, 0.6) is 0 Å². The number of para-hydroxylation sites is 1. The Bertz CT molecular complexity index is 1380. The fourth-order valence-corrected chi connectivity index (χ4v) is 4.15. The van der Waals surface area contributed by atoms with Crippen LogP contribution >= 0.6 is 0 Å². The molecule has 4 rings (SSSR count). The van der Waals surface area contributed by atoms with Crippen molar-refractivity contribution in [2.24, 2.45) is 0 Å². The minimum Gasteiger partial charge on any atom is -0.481 e. The highest BCUT2D eigenvalue weighted by Gasteiger charge is 2.13. The standard InChI is InChI=1S/C27H27N3O4/c1-30(24(28)17-34-26(33)15-14-25(31)32)16-6-10-20-21-9-4-5-11-23(21)29-27-19-8-3-2-7-18(19)12-13-22(20)27/h2-5,7-9,11-13,28H,6,10,14-17H2,1H3,(H,31,32). The number of rotatable bonds is 9. The first-order valence-electron chi connectivity index (χ1n) is 11.3. The van der Waals surface area contributed by atoms with E-state index in [0.717, 1.165) is 45.4 Å². The zero-order valence-electron chi connectivity index (χ0n) is 19.1. The number of carbonyl (C=O) groups is 2. The monoisotopic (exact) mass is 457 g/mol. The summed E-state index contributed by atoms with van der Waals surface area (Å²) >= 11 is 0. The van der Waals surface area contributed by atoms with Gasteiger partial charge in [-0.2, -0.15) is 0 Å². The molecule has 0 aliphatic heterocycles. The fraction of sp³-hybridized carbons (Fsp3) is 0.259. The highest BCUT2D eigenvalue weighted by molar-refractivity contribution is 6.10. The molecule has 174 valence electrons. The van der Waals surface area contributed by atoms with Crippen LogP contribution in [0, 0.1) is 5.41 Å². The van der Waals surface area contributed by atoms with Crippen molar-refractivity contribution < 1.29 is 19.4 Å². The van der Waals surface area contributed by atoms with Gasteiger partial charge in [-0.25, -0.2) is 4.98 Å². The lowest BCUT2D eigenvalue weighted by Gasteiger charge is -2.20. The molecule has 0 saturated heterocycles. The molecule has 7 nitrogen and oxygen atoms in total. The number of benzene rings is 3. The van der Waals surface area contributed by atoms with E-state index in [4.69, 9.17) is 20.2 Å². The lowest BCUT2D eigenvalue weighted by atomic mass is 9.96. The summed E-state index contributed by atoms with van der Waals surface area (Å²) in [6, 6.07) is 20.7. The molecular formula is C27H27N3O4. The van der Waals surface area contributed by atoms with E-state index in [2.05, 4.69) is 30.3 Å². The Labute approximate surface area is 197 Å². The lowest BCUT2D eigenvalue weighted by molar-refractivity contribution is -0.146. The molecule has 0 spiro atoms. The second kappa shape index (κ2) is 10.3. The van der Waals surface area contributed by atoms with Crippen LogP contribution in [0.3, 0.4) is 0 Å². The Balaban J connectivity index is 1.47. The van der Waals surface area contributed by atoms with Crippen LogP contribution < -0.4 is 0 Å². The molecule has 1 heterocycles. The van der Waals surface area contributed by atoms with Crippen molar-refractivity contribution in [1.82, 2.24) is 9.88 Å². The molecule has 0 atom stereocenters. The van der Waals surface area contributed by atoms with Crippen LogP contribution in [0.2, 0.25) is 0 Å². The Kier molecular flexibility index (Phi) is 7.01. The van der Waals surface area contributed by atoms with E-state index in [-0.39, 0.29) is 25.3 Å². The summed E-state index contributed by atoms with van der Waals surface area (Å²) in [5, 5.41) is 21.4. The summed E-state index contributed by atoms with van der Waals surface area (Å²) in [6.07, 6.45) is 1.16. The maximum atomic E-state index is 11.6. The van der Waals surface area contributed by atoms with Gasteiger partial charge in [-0.1, -0.05) is 54.6 Å². The molecule has 7 heteroatoms. The molecule has 4 aromatic rings. The predicted octanol–water partition coefficient (Wildman–Crippen LogP) is 4.79. The molecule has 0 saturated carbocycles. The van der Waals surface area contributed by atoms with Gasteiger partial charge in [0.15, 0.2) is 0 Å². The minimum absolute atomic E-state index is 0.165. The molecule has 0 radical (unpaired) electrons. The number of nitrogens with zero attached hydrogens (tertiary/aromatic N) is 2. The average Bonchev–Trinajstić information content (AvgIpc) is 2.85. The zero-order chi connectivity index (χ0) is 24.1. The zero-order valence-corrected chi connectivity index (χ0v) is 19.1. The van der Waals surface area contributed by atoms with E-state index in [9.17, 15) is 9.59 Å². The Morgan fingerprint density at radius 2 is 1.71 bits per heavy atom. The number of hydrogen-bond donors (Lipinski definition) is 2. The summed E-state index contributed by atoms with van der Waals surface area (Å²) in [6.45, 7) is 0.458. The Hall–Kier alpha value is -4.00. The second-order valence-corrected chi connectivity index (χ2v) is 8.32. The molecule has 0 aliphatic carbocycles. The number of aryl methyl sites for hydroxylation is 1. The van der Waals surface area contributed by atoms with Gasteiger partial charge in [0, 0.05) is 29.8 Å². The van der Waals surface area contributed by atoms with E-state index >= 15 is 0 Å². The van der Waals surface area contributed by atoms with Gasteiger partial charge in [-0.05, 0) is 29.9 Å². The van der Waals surface area contributed by atoms with E-state index in [1.165, 1.54) is 5.56 Å². The SMILES string of the molecule is CN(CCCc1c2ccccc2nc2c1ccc1ccccc12)C(=N)COC(=O)CCC(=O)O. The molecule has 3 aromatic carbocycles. The summed E-state index contributed by atoms with van der Waals surface area (Å²) in [5.41, 5.74) is 3.21. The lowest BCUT2D eigenvalue weighted by Crippen LogP contribution is -2.31. The number of nitrogens with one attached hydrogen (secondary N) is 1. The van der Waals surface area contributed by atoms with Gasteiger partial charge in [0.05, 0.1) is 23.9 Å². The number of carboxylic acid groups (broad SMARTS) is 1. The van der Waals surface area contributed by atoms with Crippen LogP contribution in [0.1, 0.15) is 24.8 Å². The molecule has 0 aliphatic rings. The van der Waals surface area contributed by atoms with Gasteiger partial charge in [0.25, 0.3) is 0 Å². The number of ether oxygens (including phenoxy) is 1. The quantitative estimate of drug-likeness (QED) is 0.123. The Morgan fingerprint density at radius 1 is 0.971 bits per heavy atom. The van der Waals surface area contributed by atoms with E-state index in [0.29, 0.717) is 6.54 Å². The van der Waals surface area contributed by atoms with Crippen LogP contribution in [0.4, 0.5) is 0 Å². The van der Waals surface area contributed by atoms with E-state index in [1.807, 2.05) is 30.3 Å². The average molecular weight is 458 g/mol. The number of hydrogen-bond acceptors (Lipinski definition) is 5. The van der Waals surface area contributed by atoms with Crippen LogP contribution in [0.15, 0.2) is 60.7 Å². The minimum atomic E-state index is -1.05. The predicted molar refractivity (Wildman–Crippen MR) is 133 cm³/mol. The maximum Gasteiger partial charge on any atom is 0.306 e. The number of aliphatic carboxylic acids is 1. The molecular weight excluding hydrogens is 430 g/mol. The van der Waals surface area contributed by atoms with Gasteiger partial charge in [0.2, 0.25) is 0 Å². The molecule has 2 N–H and O–H groups in total. The second-order valence-electron chi connectivity index (χ2n) is 8.32. The van der Waals surface area contributed by atoms with Crippen molar-refractivity contribution >= 4 is 50.4 Å². The summed E-state index contributed by atoms with van der Waals surface area (Å²) < 4.78 is 5.02. The summed E-state index contributed by atoms with van der Waals surface area (Å²) in [7, 11) is 1.80. The van der Waals surface area contributed by atoms with Crippen molar-refractivity contribution in [3.63, 3.8) is 0 Å². The number of likely N-dealkylation sites (N-methyl/N-ethyl adjacent to an activating group) is 1. The van der Waals surface area contributed by atoms with Crippen LogP contribution in [0.25, 0.3) is 32.6 Å². The first-order chi connectivity index (χ1) is 16.4. The third kappa shape index (κ3) is 5.14. The van der Waals surface area contributed by atoms with Gasteiger partial charge in [0.1, 0.15) is 12.4 Å². The largest absolute Gasteiger partial charge is 0.481 e. The van der Waals surface area contributed by atoms with Gasteiger partial charge >= 0.3 is 11.9 Å². The number of esters is 1. The number of amidine groups is 1. The highest BCUT2D eigenvalue weighted by Crippen LogP contribution is 2.31. The van der Waals surface area contributed by atoms with E-state index < -0.39 is 11.9 Å². The molecule has 0 amide bonds. The van der Waals surface area contributed by atoms with Crippen molar-refractivity contribution in [2.75, 3.05) is 20.2 Å². The van der Waals surface area contributed by atoms with Crippen molar-refractivity contribution in [1.29, 1.82) is 5.41 Å². The first-order valence-corrected chi connectivity index (χ1v) is 11.3. The third-order valence-electron chi connectivity index (χ3n) is 5.98. The van der Waals surface area contributed by atoms with Crippen molar-refractivity contribution in [2.45, 2.75) is 25.7 Å².